The minimum Gasteiger partial charge on any atom is -0.497 e. The standard InChI is InChI=1S/C17H19ClFNO/c1-3-20-17(12-5-8-15(21-2)9-6-12)10-13-4-7-14(19)11-16(13)18/h4-9,11,17,20H,3,10H2,1-2H3. The van der Waals surface area contributed by atoms with Gasteiger partial charge in [0.25, 0.3) is 0 Å². The summed E-state index contributed by atoms with van der Waals surface area (Å²) in [6.07, 6.45) is 0.708. The number of hydrogen-bond donors (Lipinski definition) is 1. The highest BCUT2D eigenvalue weighted by Crippen LogP contribution is 2.25. The Balaban J connectivity index is 2.21. The molecule has 0 amide bonds. The Hall–Kier alpha value is -1.58. The van der Waals surface area contributed by atoms with Gasteiger partial charge in [-0.25, -0.2) is 4.39 Å². The van der Waals surface area contributed by atoms with E-state index in [-0.39, 0.29) is 11.9 Å². The molecule has 0 aromatic heterocycles. The predicted molar refractivity (Wildman–Crippen MR) is 84.5 cm³/mol. The Kier molecular flexibility index (Phi) is 5.59. The third kappa shape index (κ3) is 4.19. The molecule has 0 saturated heterocycles. The summed E-state index contributed by atoms with van der Waals surface area (Å²) in [7, 11) is 1.65. The summed E-state index contributed by atoms with van der Waals surface area (Å²) in [4.78, 5) is 0. The van der Waals surface area contributed by atoms with E-state index in [1.807, 2.05) is 24.3 Å². The fraction of sp³-hybridized carbons (Fsp3) is 0.294. The summed E-state index contributed by atoms with van der Waals surface area (Å²) in [6.45, 7) is 2.90. The van der Waals surface area contributed by atoms with Crippen LogP contribution in [0.1, 0.15) is 24.1 Å². The van der Waals surface area contributed by atoms with Gasteiger partial charge in [0, 0.05) is 11.1 Å². The van der Waals surface area contributed by atoms with Crippen LogP contribution in [-0.2, 0) is 6.42 Å². The zero-order chi connectivity index (χ0) is 15.2. The number of likely N-dealkylation sites (N-methyl/N-ethyl adjacent to an activating group) is 1. The Morgan fingerprint density at radius 1 is 1.19 bits per heavy atom. The molecule has 0 radical (unpaired) electrons. The van der Waals surface area contributed by atoms with E-state index in [0.717, 1.165) is 23.4 Å². The van der Waals surface area contributed by atoms with E-state index in [4.69, 9.17) is 16.3 Å². The van der Waals surface area contributed by atoms with E-state index in [0.29, 0.717) is 11.4 Å². The minimum atomic E-state index is -0.312. The first-order valence-corrected chi connectivity index (χ1v) is 7.33. The fourth-order valence-electron chi connectivity index (χ4n) is 2.30. The van der Waals surface area contributed by atoms with Crippen LogP contribution in [-0.4, -0.2) is 13.7 Å². The lowest BCUT2D eigenvalue weighted by atomic mass is 9.98. The lowest BCUT2D eigenvalue weighted by Gasteiger charge is -2.19. The van der Waals surface area contributed by atoms with Crippen molar-refractivity contribution in [3.63, 3.8) is 0 Å². The molecule has 4 heteroatoms. The molecule has 1 atom stereocenters. The highest BCUT2D eigenvalue weighted by atomic mass is 35.5. The third-order valence-electron chi connectivity index (χ3n) is 3.41. The van der Waals surface area contributed by atoms with Crippen LogP contribution >= 0.6 is 11.6 Å². The van der Waals surface area contributed by atoms with Crippen LogP contribution in [0.5, 0.6) is 5.75 Å². The molecule has 21 heavy (non-hydrogen) atoms. The molecule has 112 valence electrons. The smallest absolute Gasteiger partial charge is 0.124 e. The van der Waals surface area contributed by atoms with Crippen molar-refractivity contribution >= 4 is 11.6 Å². The van der Waals surface area contributed by atoms with Gasteiger partial charge < -0.3 is 10.1 Å². The van der Waals surface area contributed by atoms with Crippen LogP contribution in [0.25, 0.3) is 0 Å². The van der Waals surface area contributed by atoms with Crippen LogP contribution in [0.3, 0.4) is 0 Å². The van der Waals surface area contributed by atoms with E-state index in [9.17, 15) is 4.39 Å². The van der Waals surface area contributed by atoms with E-state index in [1.165, 1.54) is 12.1 Å². The van der Waals surface area contributed by atoms with E-state index in [2.05, 4.69) is 12.2 Å². The van der Waals surface area contributed by atoms with Crippen molar-refractivity contribution < 1.29 is 9.13 Å². The van der Waals surface area contributed by atoms with Gasteiger partial charge in [0.05, 0.1) is 7.11 Å². The van der Waals surface area contributed by atoms with Gasteiger partial charge in [-0.15, -0.1) is 0 Å². The SMILES string of the molecule is CCNC(Cc1ccc(F)cc1Cl)c1ccc(OC)cc1. The molecule has 2 rings (SSSR count). The monoisotopic (exact) mass is 307 g/mol. The topological polar surface area (TPSA) is 21.3 Å². The normalized spacial score (nSPS) is 12.2. The second-order valence-electron chi connectivity index (χ2n) is 4.82. The predicted octanol–water partition coefficient (Wildman–Crippen LogP) is 4.38. The van der Waals surface area contributed by atoms with E-state index < -0.39 is 0 Å². The summed E-state index contributed by atoms with van der Waals surface area (Å²) >= 11 is 6.12. The summed E-state index contributed by atoms with van der Waals surface area (Å²) in [6, 6.07) is 12.6. The molecule has 0 bridgehead atoms. The van der Waals surface area contributed by atoms with Gasteiger partial charge in [-0.2, -0.15) is 0 Å². The van der Waals surface area contributed by atoms with Crippen LogP contribution in [0.2, 0.25) is 5.02 Å². The first kappa shape index (κ1) is 15.8. The Bertz CT molecular complexity index is 586. The molecule has 0 saturated carbocycles. The van der Waals surface area contributed by atoms with Gasteiger partial charge in [-0.05, 0) is 48.4 Å². The minimum absolute atomic E-state index is 0.129. The highest BCUT2D eigenvalue weighted by molar-refractivity contribution is 6.31. The number of rotatable bonds is 6. The number of nitrogens with one attached hydrogen (secondary N) is 1. The average molecular weight is 308 g/mol. The first-order chi connectivity index (χ1) is 10.1. The lowest BCUT2D eigenvalue weighted by molar-refractivity contribution is 0.414. The van der Waals surface area contributed by atoms with Crippen LogP contribution in [0.15, 0.2) is 42.5 Å². The number of benzene rings is 2. The van der Waals surface area contributed by atoms with Gasteiger partial charge in [0.15, 0.2) is 0 Å². The van der Waals surface area contributed by atoms with Crippen molar-refractivity contribution in [3.05, 3.63) is 64.4 Å². The van der Waals surface area contributed by atoms with Crippen molar-refractivity contribution in [2.45, 2.75) is 19.4 Å². The molecule has 0 heterocycles. The molecule has 2 aromatic rings. The Morgan fingerprint density at radius 2 is 1.90 bits per heavy atom. The van der Waals surface area contributed by atoms with Crippen molar-refractivity contribution in [1.82, 2.24) is 5.32 Å². The molecular formula is C17H19ClFNO. The van der Waals surface area contributed by atoms with Crippen LogP contribution < -0.4 is 10.1 Å². The van der Waals surface area contributed by atoms with Crippen LogP contribution in [0, 0.1) is 5.82 Å². The molecule has 0 spiro atoms. The number of hydrogen-bond acceptors (Lipinski definition) is 2. The Labute approximate surface area is 129 Å². The third-order valence-corrected chi connectivity index (χ3v) is 3.76. The van der Waals surface area contributed by atoms with Gasteiger partial charge in [0.2, 0.25) is 0 Å². The summed E-state index contributed by atoms with van der Waals surface area (Å²) in [5.41, 5.74) is 2.08. The summed E-state index contributed by atoms with van der Waals surface area (Å²) < 4.78 is 18.3. The maximum absolute atomic E-state index is 13.1. The molecule has 0 aliphatic carbocycles. The first-order valence-electron chi connectivity index (χ1n) is 6.95. The van der Waals surface area contributed by atoms with Crippen molar-refractivity contribution in [2.24, 2.45) is 0 Å². The Morgan fingerprint density at radius 3 is 2.48 bits per heavy atom. The van der Waals surface area contributed by atoms with Crippen molar-refractivity contribution in [2.75, 3.05) is 13.7 Å². The second-order valence-corrected chi connectivity index (χ2v) is 5.23. The average Bonchev–Trinajstić information content (AvgIpc) is 2.49. The van der Waals surface area contributed by atoms with Gasteiger partial charge >= 0.3 is 0 Å². The summed E-state index contributed by atoms with van der Waals surface area (Å²) in [5, 5.41) is 3.90. The van der Waals surface area contributed by atoms with Gasteiger partial charge in [-0.3, -0.25) is 0 Å². The summed E-state index contributed by atoms with van der Waals surface area (Å²) in [5.74, 6) is 0.516. The quantitative estimate of drug-likeness (QED) is 0.855. The largest absolute Gasteiger partial charge is 0.497 e. The number of methoxy groups -OCH3 is 1. The van der Waals surface area contributed by atoms with Gasteiger partial charge in [0.1, 0.15) is 11.6 Å². The maximum atomic E-state index is 13.1. The maximum Gasteiger partial charge on any atom is 0.124 e. The number of halogens is 2. The molecule has 2 aromatic carbocycles. The molecule has 0 aliphatic heterocycles. The second kappa shape index (κ2) is 7.43. The molecule has 0 aliphatic rings. The van der Waals surface area contributed by atoms with E-state index in [1.54, 1.807) is 13.2 Å². The van der Waals surface area contributed by atoms with Crippen molar-refractivity contribution in [1.29, 1.82) is 0 Å². The lowest BCUT2D eigenvalue weighted by Crippen LogP contribution is -2.23. The van der Waals surface area contributed by atoms with Crippen LogP contribution in [0.4, 0.5) is 4.39 Å². The fourth-order valence-corrected chi connectivity index (χ4v) is 2.54. The molecular weight excluding hydrogens is 289 g/mol. The zero-order valence-electron chi connectivity index (χ0n) is 12.2. The molecule has 1 unspecified atom stereocenters. The van der Waals surface area contributed by atoms with E-state index >= 15 is 0 Å². The molecule has 2 nitrogen and oxygen atoms in total. The van der Waals surface area contributed by atoms with Crippen molar-refractivity contribution in [3.8, 4) is 5.75 Å². The number of ether oxygens (including phenoxy) is 1. The zero-order valence-corrected chi connectivity index (χ0v) is 13.0. The molecule has 1 N–H and O–H groups in total. The van der Waals surface area contributed by atoms with Gasteiger partial charge in [-0.1, -0.05) is 36.7 Å². The highest BCUT2D eigenvalue weighted by Gasteiger charge is 2.13. The molecule has 0 fully saturated rings.